The zero-order chi connectivity index (χ0) is 43.6. The van der Waals surface area contributed by atoms with Crippen LogP contribution in [0, 0.1) is 6.57 Å². The standard InChI is InChI=1S/C61H40N4/c1-61(2)56-23-12-11-22-50(56)51-33-30-44(35-57(51)61)60-64-58(41-14-5-4-6-15-41)63-59(65-60)43-17-13-16-42(34-43)53-37-55-48-20-9-7-18-46(48)52(36-54(55)49-21-10-8-19-47(49)53)40-26-24-38(25-27-40)39-28-31-45(62-3)32-29-39/h4-37H,1-2H3. The van der Waals surface area contributed by atoms with E-state index < -0.39 is 0 Å². The molecule has 0 atom stereocenters. The number of fused-ring (bicyclic) bond motifs is 8. The normalized spacial score (nSPS) is 12.6. The van der Waals surface area contributed by atoms with Gasteiger partial charge < -0.3 is 0 Å². The lowest BCUT2D eigenvalue weighted by Crippen LogP contribution is -2.15. The molecule has 0 aliphatic heterocycles. The van der Waals surface area contributed by atoms with E-state index in [2.05, 4.69) is 182 Å². The number of aromatic nitrogens is 3. The summed E-state index contributed by atoms with van der Waals surface area (Å²) in [5.41, 5.74) is 15.3. The maximum atomic E-state index is 7.33. The smallest absolute Gasteiger partial charge is 0.187 e. The monoisotopic (exact) mass is 828 g/mol. The summed E-state index contributed by atoms with van der Waals surface area (Å²) in [6.45, 7) is 11.9. The van der Waals surface area contributed by atoms with Gasteiger partial charge in [-0.25, -0.2) is 19.8 Å². The van der Waals surface area contributed by atoms with Gasteiger partial charge in [0.2, 0.25) is 0 Å². The van der Waals surface area contributed by atoms with E-state index in [4.69, 9.17) is 21.5 Å². The van der Waals surface area contributed by atoms with E-state index >= 15 is 0 Å². The van der Waals surface area contributed by atoms with E-state index in [1.807, 2.05) is 42.5 Å². The van der Waals surface area contributed by atoms with Crippen LogP contribution >= 0.6 is 0 Å². The van der Waals surface area contributed by atoms with E-state index in [1.165, 1.54) is 60.1 Å². The Morgan fingerprint density at radius 3 is 1.43 bits per heavy atom. The van der Waals surface area contributed by atoms with Gasteiger partial charge in [0.15, 0.2) is 23.2 Å². The molecule has 1 aromatic heterocycles. The molecule has 0 saturated heterocycles. The Morgan fingerprint density at radius 2 is 0.785 bits per heavy atom. The van der Waals surface area contributed by atoms with Crippen molar-refractivity contribution >= 4 is 38.0 Å². The molecular formula is C61H40N4. The first-order chi connectivity index (χ1) is 31.9. The van der Waals surface area contributed by atoms with Crippen molar-refractivity contribution in [1.82, 2.24) is 15.0 Å². The molecule has 10 aromatic carbocycles. The highest BCUT2D eigenvalue weighted by Gasteiger charge is 2.35. The molecule has 0 N–H and O–H groups in total. The maximum absolute atomic E-state index is 7.33. The minimum absolute atomic E-state index is 0.149. The molecule has 1 aliphatic carbocycles. The minimum Gasteiger partial charge on any atom is -0.238 e. The lowest BCUT2D eigenvalue weighted by molar-refractivity contribution is 0.660. The molecule has 11 aromatic rings. The van der Waals surface area contributed by atoms with Crippen LogP contribution in [0.25, 0.3) is 116 Å². The van der Waals surface area contributed by atoms with Crippen LogP contribution in [0.4, 0.5) is 5.69 Å². The molecule has 65 heavy (non-hydrogen) atoms. The highest BCUT2D eigenvalue weighted by molar-refractivity contribution is 6.24. The highest BCUT2D eigenvalue weighted by atomic mass is 15.0. The average Bonchev–Trinajstić information content (AvgIpc) is 3.61. The van der Waals surface area contributed by atoms with Gasteiger partial charge in [0.05, 0.1) is 6.57 Å². The van der Waals surface area contributed by atoms with Gasteiger partial charge in [-0.15, -0.1) is 0 Å². The fourth-order valence-electron chi connectivity index (χ4n) is 10.0. The Bertz CT molecular complexity index is 3730. The van der Waals surface area contributed by atoms with Crippen molar-refractivity contribution in [3.8, 4) is 78.7 Å². The molecule has 4 heteroatoms. The van der Waals surface area contributed by atoms with Crippen molar-refractivity contribution in [2.45, 2.75) is 19.3 Å². The summed E-state index contributed by atoms with van der Waals surface area (Å²) in [6, 6.07) is 73.1. The summed E-state index contributed by atoms with van der Waals surface area (Å²) >= 11 is 0. The first kappa shape index (κ1) is 38.2. The third kappa shape index (κ3) is 6.40. The topological polar surface area (TPSA) is 43.0 Å². The third-order valence-corrected chi connectivity index (χ3v) is 13.3. The Morgan fingerprint density at radius 1 is 0.323 bits per heavy atom. The molecule has 0 spiro atoms. The van der Waals surface area contributed by atoms with Gasteiger partial charge in [-0.3, -0.25) is 0 Å². The molecule has 12 rings (SSSR count). The fourth-order valence-corrected chi connectivity index (χ4v) is 10.0. The average molecular weight is 829 g/mol. The van der Waals surface area contributed by atoms with Gasteiger partial charge in [0.1, 0.15) is 0 Å². The molecule has 1 aliphatic rings. The highest BCUT2D eigenvalue weighted by Crippen LogP contribution is 2.49. The maximum Gasteiger partial charge on any atom is 0.187 e. The zero-order valence-electron chi connectivity index (χ0n) is 35.9. The molecule has 4 nitrogen and oxygen atoms in total. The second kappa shape index (κ2) is 15.1. The molecule has 0 fully saturated rings. The molecule has 304 valence electrons. The first-order valence-corrected chi connectivity index (χ1v) is 22.0. The van der Waals surface area contributed by atoms with Crippen molar-refractivity contribution in [3.05, 3.63) is 229 Å². The third-order valence-electron chi connectivity index (χ3n) is 13.3. The Hall–Kier alpha value is -8.52. The van der Waals surface area contributed by atoms with Crippen LogP contribution in [-0.4, -0.2) is 15.0 Å². The second-order valence-electron chi connectivity index (χ2n) is 17.5. The van der Waals surface area contributed by atoms with Crippen LogP contribution < -0.4 is 0 Å². The molecular weight excluding hydrogens is 789 g/mol. The van der Waals surface area contributed by atoms with Gasteiger partial charge in [-0.1, -0.05) is 196 Å². The zero-order valence-corrected chi connectivity index (χ0v) is 35.9. The van der Waals surface area contributed by atoms with Crippen molar-refractivity contribution in [3.63, 3.8) is 0 Å². The molecule has 0 saturated carbocycles. The van der Waals surface area contributed by atoms with E-state index in [-0.39, 0.29) is 5.41 Å². The van der Waals surface area contributed by atoms with Crippen LogP contribution in [-0.2, 0) is 5.41 Å². The van der Waals surface area contributed by atoms with Crippen LogP contribution in [0.3, 0.4) is 0 Å². The molecule has 0 unspecified atom stereocenters. The van der Waals surface area contributed by atoms with Crippen molar-refractivity contribution < 1.29 is 0 Å². The number of rotatable bonds is 6. The summed E-state index contributed by atoms with van der Waals surface area (Å²) < 4.78 is 0. The number of nitrogens with zero attached hydrogens (tertiary/aromatic N) is 4. The van der Waals surface area contributed by atoms with Crippen molar-refractivity contribution in [2.24, 2.45) is 0 Å². The van der Waals surface area contributed by atoms with E-state index in [0.717, 1.165) is 44.5 Å². The summed E-state index contributed by atoms with van der Waals surface area (Å²) in [6.07, 6.45) is 0. The van der Waals surface area contributed by atoms with Gasteiger partial charge in [0, 0.05) is 22.1 Å². The second-order valence-corrected chi connectivity index (χ2v) is 17.5. The Labute approximate surface area is 378 Å². The molecule has 0 bridgehead atoms. The minimum atomic E-state index is -0.149. The van der Waals surface area contributed by atoms with Crippen LogP contribution in [0.5, 0.6) is 0 Å². The number of hydrogen-bond donors (Lipinski definition) is 0. The fraction of sp³-hybridized carbons (Fsp3) is 0.0492. The quantitative estimate of drug-likeness (QED) is 0.124. The molecule has 1 heterocycles. The SMILES string of the molecule is [C-]#[N+]c1ccc(-c2ccc(-c3cc4c5ccccc5c(-c5cccc(-c6nc(-c7ccccc7)nc(-c7ccc8c(c7)C(C)(C)c7ccccc7-8)n6)c5)cc4c4ccccc34)cc2)cc1. The largest absolute Gasteiger partial charge is 0.238 e. The summed E-state index contributed by atoms with van der Waals surface area (Å²) in [5.74, 6) is 1.92. The lowest BCUT2D eigenvalue weighted by Gasteiger charge is -2.21. The summed E-state index contributed by atoms with van der Waals surface area (Å²) in [5, 5.41) is 7.20. The Kier molecular flexibility index (Phi) is 8.86. The Balaban J connectivity index is 0.987. The van der Waals surface area contributed by atoms with Gasteiger partial charge in [-0.05, 0) is 112 Å². The van der Waals surface area contributed by atoms with E-state index in [1.54, 1.807) is 0 Å². The number of benzene rings is 10. The van der Waals surface area contributed by atoms with Crippen LogP contribution in [0.2, 0.25) is 0 Å². The van der Waals surface area contributed by atoms with Crippen LogP contribution in [0.15, 0.2) is 206 Å². The summed E-state index contributed by atoms with van der Waals surface area (Å²) in [7, 11) is 0. The molecule has 0 amide bonds. The van der Waals surface area contributed by atoms with E-state index in [9.17, 15) is 0 Å². The summed E-state index contributed by atoms with van der Waals surface area (Å²) in [4.78, 5) is 19.1. The van der Waals surface area contributed by atoms with Crippen molar-refractivity contribution in [1.29, 1.82) is 0 Å². The van der Waals surface area contributed by atoms with Gasteiger partial charge >= 0.3 is 0 Å². The predicted octanol–water partition coefficient (Wildman–Crippen LogP) is 16.2. The predicted molar refractivity (Wildman–Crippen MR) is 269 cm³/mol. The van der Waals surface area contributed by atoms with Crippen molar-refractivity contribution in [2.75, 3.05) is 0 Å². The molecule has 0 radical (unpaired) electrons. The van der Waals surface area contributed by atoms with Crippen LogP contribution in [0.1, 0.15) is 25.0 Å². The van der Waals surface area contributed by atoms with Gasteiger partial charge in [-0.2, -0.15) is 0 Å². The van der Waals surface area contributed by atoms with E-state index in [0.29, 0.717) is 23.2 Å². The lowest BCUT2D eigenvalue weighted by atomic mass is 9.82. The number of hydrogen-bond acceptors (Lipinski definition) is 3. The first-order valence-electron chi connectivity index (χ1n) is 22.0. The van der Waals surface area contributed by atoms with Gasteiger partial charge in [0.25, 0.3) is 0 Å².